The molecule has 0 aliphatic rings. The van der Waals surface area contributed by atoms with Crippen LogP contribution in [0.15, 0.2) is 0 Å². The predicted octanol–water partition coefficient (Wildman–Crippen LogP) is 2.74. The second-order valence-electron chi connectivity index (χ2n) is 4.42. The van der Waals surface area contributed by atoms with Crippen LogP contribution in [0.4, 0.5) is 0 Å². The number of aromatic nitrogens is 2. The van der Waals surface area contributed by atoms with Gasteiger partial charge < -0.3 is 10.1 Å². The van der Waals surface area contributed by atoms with Crippen LogP contribution < -0.4 is 5.32 Å². The van der Waals surface area contributed by atoms with Crippen LogP contribution in [0.2, 0.25) is 0 Å². The Labute approximate surface area is 108 Å². The normalized spacial score (nSPS) is 13.2. The molecule has 1 heterocycles. The Kier molecular flexibility index (Phi) is 6.62. The van der Waals surface area contributed by atoms with Crippen LogP contribution in [0, 0.1) is 0 Å². The van der Waals surface area contributed by atoms with E-state index >= 15 is 0 Å². The molecule has 0 saturated heterocycles. The first-order valence-corrected chi connectivity index (χ1v) is 7.02. The standard InChI is InChI=1S/C12H23N3OS/c1-5-13-10(7-6-8-16-4)12-11(9(2)3)14-15-17-12/h9-10,13H,5-8H2,1-4H3. The lowest BCUT2D eigenvalue weighted by molar-refractivity contribution is 0.189. The second kappa shape index (κ2) is 7.74. The molecule has 98 valence electrons. The van der Waals surface area contributed by atoms with Gasteiger partial charge in [-0.2, -0.15) is 0 Å². The van der Waals surface area contributed by atoms with Gasteiger partial charge in [-0.15, -0.1) is 5.10 Å². The van der Waals surface area contributed by atoms with Gasteiger partial charge in [-0.1, -0.05) is 25.3 Å². The maximum Gasteiger partial charge on any atom is 0.0829 e. The van der Waals surface area contributed by atoms with Crippen molar-refractivity contribution in [3.63, 3.8) is 0 Å². The van der Waals surface area contributed by atoms with Gasteiger partial charge in [-0.3, -0.25) is 0 Å². The van der Waals surface area contributed by atoms with Gasteiger partial charge >= 0.3 is 0 Å². The number of rotatable bonds is 8. The second-order valence-corrected chi connectivity index (χ2v) is 5.21. The van der Waals surface area contributed by atoms with Crippen molar-refractivity contribution in [1.29, 1.82) is 0 Å². The van der Waals surface area contributed by atoms with Crippen LogP contribution in [-0.2, 0) is 4.74 Å². The van der Waals surface area contributed by atoms with Crippen molar-refractivity contribution in [2.45, 2.75) is 45.6 Å². The summed E-state index contributed by atoms with van der Waals surface area (Å²) < 4.78 is 9.20. The fraction of sp³-hybridized carbons (Fsp3) is 0.833. The molecule has 1 aromatic heterocycles. The van der Waals surface area contributed by atoms with E-state index in [1.165, 1.54) is 16.4 Å². The predicted molar refractivity (Wildman–Crippen MR) is 71.5 cm³/mol. The third kappa shape index (κ3) is 4.33. The molecule has 1 N–H and O–H groups in total. The van der Waals surface area contributed by atoms with Crippen molar-refractivity contribution >= 4 is 11.5 Å². The van der Waals surface area contributed by atoms with Gasteiger partial charge in [0.15, 0.2) is 0 Å². The first-order chi connectivity index (χ1) is 8.20. The van der Waals surface area contributed by atoms with Gasteiger partial charge in [0, 0.05) is 19.8 Å². The summed E-state index contributed by atoms with van der Waals surface area (Å²) in [5.74, 6) is 0.437. The van der Waals surface area contributed by atoms with Crippen molar-refractivity contribution < 1.29 is 4.74 Å². The first kappa shape index (κ1) is 14.5. The minimum atomic E-state index is 0.368. The zero-order valence-corrected chi connectivity index (χ0v) is 12.0. The lowest BCUT2D eigenvalue weighted by Crippen LogP contribution is -2.21. The molecule has 0 aromatic carbocycles. The number of nitrogens with zero attached hydrogens (tertiary/aromatic N) is 2. The third-order valence-corrected chi connectivity index (χ3v) is 3.55. The summed E-state index contributed by atoms with van der Waals surface area (Å²) in [4.78, 5) is 1.29. The topological polar surface area (TPSA) is 47.0 Å². The third-order valence-electron chi connectivity index (χ3n) is 2.70. The minimum absolute atomic E-state index is 0.368. The molecule has 1 aromatic rings. The quantitative estimate of drug-likeness (QED) is 0.727. The first-order valence-electron chi connectivity index (χ1n) is 6.25. The Morgan fingerprint density at radius 2 is 2.18 bits per heavy atom. The number of ether oxygens (including phenoxy) is 1. The average molecular weight is 257 g/mol. The van der Waals surface area contributed by atoms with Crippen molar-refractivity contribution in [3.8, 4) is 0 Å². The summed E-state index contributed by atoms with van der Waals surface area (Å²) in [7, 11) is 1.75. The largest absolute Gasteiger partial charge is 0.385 e. The highest BCUT2D eigenvalue weighted by molar-refractivity contribution is 7.05. The van der Waals surface area contributed by atoms with Crippen molar-refractivity contribution in [3.05, 3.63) is 10.6 Å². The molecule has 0 radical (unpaired) electrons. The van der Waals surface area contributed by atoms with Crippen LogP contribution >= 0.6 is 11.5 Å². The van der Waals surface area contributed by atoms with Crippen molar-refractivity contribution in [2.75, 3.05) is 20.3 Å². The maximum atomic E-state index is 5.11. The zero-order valence-electron chi connectivity index (χ0n) is 11.2. The van der Waals surface area contributed by atoms with E-state index in [0.29, 0.717) is 12.0 Å². The molecule has 0 fully saturated rings. The fourth-order valence-electron chi connectivity index (χ4n) is 1.85. The molecule has 0 bridgehead atoms. The van der Waals surface area contributed by atoms with Gasteiger partial charge in [0.25, 0.3) is 0 Å². The van der Waals surface area contributed by atoms with Crippen LogP contribution in [0.1, 0.15) is 56.1 Å². The van der Waals surface area contributed by atoms with Crippen LogP contribution in [0.5, 0.6) is 0 Å². The molecule has 4 nitrogen and oxygen atoms in total. The lowest BCUT2D eigenvalue weighted by Gasteiger charge is -2.17. The summed E-state index contributed by atoms with van der Waals surface area (Å²) in [6, 6.07) is 0.368. The van der Waals surface area contributed by atoms with Gasteiger partial charge in [0.05, 0.1) is 10.6 Å². The monoisotopic (exact) mass is 257 g/mol. The van der Waals surface area contributed by atoms with Crippen LogP contribution in [0.3, 0.4) is 0 Å². The van der Waals surface area contributed by atoms with Gasteiger partial charge in [0.1, 0.15) is 0 Å². The minimum Gasteiger partial charge on any atom is -0.385 e. The molecular weight excluding hydrogens is 234 g/mol. The van der Waals surface area contributed by atoms with E-state index in [2.05, 4.69) is 35.7 Å². The molecular formula is C12H23N3OS. The van der Waals surface area contributed by atoms with E-state index in [0.717, 1.165) is 31.7 Å². The highest BCUT2D eigenvalue weighted by atomic mass is 32.1. The molecule has 0 spiro atoms. The Morgan fingerprint density at radius 1 is 1.41 bits per heavy atom. The van der Waals surface area contributed by atoms with E-state index in [-0.39, 0.29) is 0 Å². The van der Waals surface area contributed by atoms with Gasteiger partial charge in [-0.05, 0) is 36.8 Å². The van der Waals surface area contributed by atoms with E-state index in [1.54, 1.807) is 7.11 Å². The number of methoxy groups -OCH3 is 1. The summed E-state index contributed by atoms with van der Waals surface area (Å²) in [6.07, 6.45) is 2.13. The molecule has 1 atom stereocenters. The molecule has 1 rings (SSSR count). The average Bonchev–Trinajstić information content (AvgIpc) is 2.77. The highest BCUT2D eigenvalue weighted by Crippen LogP contribution is 2.28. The van der Waals surface area contributed by atoms with E-state index < -0.39 is 0 Å². The molecule has 17 heavy (non-hydrogen) atoms. The van der Waals surface area contributed by atoms with Crippen molar-refractivity contribution in [2.24, 2.45) is 0 Å². The SMILES string of the molecule is CCNC(CCCOC)c1snnc1C(C)C. The molecule has 5 heteroatoms. The van der Waals surface area contributed by atoms with Gasteiger partial charge in [0.2, 0.25) is 0 Å². The summed E-state index contributed by atoms with van der Waals surface area (Å²) in [5, 5.41) is 7.76. The fourth-order valence-corrected chi connectivity index (χ4v) is 2.77. The summed E-state index contributed by atoms with van der Waals surface area (Å²) in [6.45, 7) is 8.24. The smallest absolute Gasteiger partial charge is 0.0829 e. The summed E-state index contributed by atoms with van der Waals surface area (Å²) in [5.41, 5.74) is 1.14. The molecule has 0 aliphatic heterocycles. The number of nitrogens with one attached hydrogen (secondary N) is 1. The van der Waals surface area contributed by atoms with E-state index in [4.69, 9.17) is 4.74 Å². The lowest BCUT2D eigenvalue weighted by atomic mass is 10.0. The number of hydrogen-bond donors (Lipinski definition) is 1. The Morgan fingerprint density at radius 3 is 2.76 bits per heavy atom. The Balaban J connectivity index is 2.70. The van der Waals surface area contributed by atoms with E-state index in [1.807, 2.05) is 0 Å². The molecule has 0 amide bonds. The molecule has 0 saturated carbocycles. The highest BCUT2D eigenvalue weighted by Gasteiger charge is 2.19. The molecule has 1 unspecified atom stereocenters. The zero-order chi connectivity index (χ0) is 12.7. The Bertz CT molecular complexity index is 314. The number of hydrogen-bond acceptors (Lipinski definition) is 5. The summed E-state index contributed by atoms with van der Waals surface area (Å²) >= 11 is 1.52. The van der Waals surface area contributed by atoms with E-state index in [9.17, 15) is 0 Å². The van der Waals surface area contributed by atoms with Crippen molar-refractivity contribution in [1.82, 2.24) is 14.9 Å². The maximum absolute atomic E-state index is 5.11. The van der Waals surface area contributed by atoms with Crippen LogP contribution in [-0.4, -0.2) is 29.8 Å². The van der Waals surface area contributed by atoms with Gasteiger partial charge in [-0.25, -0.2) is 0 Å². The van der Waals surface area contributed by atoms with Crippen LogP contribution in [0.25, 0.3) is 0 Å². The Hall–Kier alpha value is -0.520. The molecule has 0 aliphatic carbocycles.